The fraction of sp³-hybridized carbons (Fsp3) is 0.382. The molecule has 4 atom stereocenters. The maximum absolute atomic E-state index is 13.6. The molecular formula is C55H50Cl2F2N6O4. The van der Waals surface area contributed by atoms with E-state index in [9.17, 15) is 13.6 Å². The molecule has 9 rings (SSSR count). The summed E-state index contributed by atoms with van der Waals surface area (Å²) in [6, 6.07) is 12.1. The van der Waals surface area contributed by atoms with Crippen molar-refractivity contribution in [3.05, 3.63) is 64.7 Å². The molecule has 4 N–H and O–H groups in total. The summed E-state index contributed by atoms with van der Waals surface area (Å²) in [7, 11) is 0. The summed E-state index contributed by atoms with van der Waals surface area (Å²) in [5, 5.41) is 15.1. The summed E-state index contributed by atoms with van der Waals surface area (Å²) < 4.78 is 39.1. The minimum absolute atomic E-state index is 0.185. The summed E-state index contributed by atoms with van der Waals surface area (Å²) in [4.78, 5) is 23.8. The highest BCUT2D eigenvalue weighted by molar-refractivity contribution is 6.32. The Labute approximate surface area is 412 Å². The summed E-state index contributed by atoms with van der Waals surface area (Å²) >= 11 is 12.4. The normalized spacial score (nSPS) is 22.6. The number of hydrogen-bond donors (Lipinski definition) is 3. The molecule has 2 aliphatic heterocycles. The highest BCUT2D eigenvalue weighted by Gasteiger charge is 2.37. The third-order valence-electron chi connectivity index (χ3n) is 11.7. The number of hydrogen-bond acceptors (Lipinski definition) is 8. The number of aliphatic carboxylic acids is 1. The zero-order chi connectivity index (χ0) is 49.3. The number of anilines is 2. The third kappa shape index (κ3) is 14.5. The summed E-state index contributed by atoms with van der Waals surface area (Å²) in [6.45, 7) is 7.43. The molecular weight excluding hydrogens is 918 g/mol. The van der Waals surface area contributed by atoms with Crippen LogP contribution < -0.4 is 11.1 Å². The molecule has 2 saturated heterocycles. The van der Waals surface area contributed by atoms with Crippen molar-refractivity contribution in [3.63, 3.8) is 0 Å². The second-order valence-corrected chi connectivity index (χ2v) is 17.7. The number of benzene rings is 2. The zero-order valence-corrected chi connectivity index (χ0v) is 39.9. The number of carboxylic acid groups (broad SMARTS) is 1. The van der Waals surface area contributed by atoms with Gasteiger partial charge in [0.2, 0.25) is 0 Å². The summed E-state index contributed by atoms with van der Waals surface area (Å²) in [6.07, 6.45) is 12.7. The first-order valence-corrected chi connectivity index (χ1v) is 23.3. The molecule has 352 valence electrons. The first-order valence-electron chi connectivity index (χ1n) is 22.5. The number of alkyl halides is 2. The minimum atomic E-state index is -0.862. The molecule has 2 saturated carbocycles. The van der Waals surface area contributed by atoms with E-state index in [1.165, 1.54) is 0 Å². The van der Waals surface area contributed by atoms with Crippen LogP contribution in [0, 0.1) is 89.3 Å². The number of rotatable bonds is 5. The van der Waals surface area contributed by atoms with E-state index in [0.717, 1.165) is 83.2 Å². The number of fused-ring (bicyclic) bond motifs is 4. The highest BCUT2D eigenvalue weighted by atomic mass is 35.5. The number of ether oxygens (including phenoxy) is 2. The molecule has 0 radical (unpaired) electrons. The standard InChI is InChI=1S/C20H21ClFN3O.C15H18ClN3O.C15H4.C5H7FO2/c1-11-6-15(4-5-26-11)25-19-16-9-13(21)2-3-17(16)23-10-18(19)24-20(25)12-7-14(22)8-12;1-9-6-11(4-5-20-9)19-15-12-7-10(16)2-3-14(12)18-8-13(15)17;1-3-5-7-9-11-13-15-14-12-10-8-6-4-2;6-4-1-3(2-4)5(7)8/h2-3,9-12,14-15H,4-8H2,1H3;2-3,7-9,11H,4-6,17H2,1H3,(H,18,19);1H,2H3;3-4H,1-2H2,(H,7,8)/t11-,12?,14?,15-;9-,11-;;/m11../s1. The fourth-order valence-corrected chi connectivity index (χ4v) is 8.54. The van der Waals surface area contributed by atoms with Crippen LogP contribution in [0.25, 0.3) is 32.8 Å². The number of halogens is 4. The fourth-order valence-electron chi connectivity index (χ4n) is 8.20. The van der Waals surface area contributed by atoms with Gasteiger partial charge in [-0.05, 0) is 180 Å². The van der Waals surface area contributed by atoms with Gasteiger partial charge in [-0.2, -0.15) is 0 Å². The summed E-state index contributed by atoms with van der Waals surface area (Å²) in [5.74, 6) is 31.9. The molecule has 0 spiro atoms. The van der Waals surface area contributed by atoms with Gasteiger partial charge in [-0.3, -0.25) is 14.8 Å². The van der Waals surface area contributed by atoms with E-state index < -0.39 is 24.2 Å². The van der Waals surface area contributed by atoms with Crippen LogP contribution in [0.15, 0.2) is 48.8 Å². The molecule has 2 aromatic carbocycles. The number of nitrogens with two attached hydrogens (primary N) is 1. The number of carbonyl (C=O) groups is 1. The third-order valence-corrected chi connectivity index (χ3v) is 12.2. The zero-order valence-electron chi connectivity index (χ0n) is 38.4. The molecule has 0 unspecified atom stereocenters. The molecule has 2 aliphatic carbocycles. The lowest BCUT2D eigenvalue weighted by atomic mass is 9.82. The van der Waals surface area contributed by atoms with E-state index in [4.69, 9.17) is 54.9 Å². The van der Waals surface area contributed by atoms with Crippen LogP contribution in [-0.2, 0) is 14.3 Å². The van der Waals surface area contributed by atoms with Gasteiger partial charge in [-0.15, -0.1) is 6.42 Å². The van der Waals surface area contributed by atoms with E-state index in [1.54, 1.807) is 13.1 Å². The molecule has 3 aromatic heterocycles. The smallest absolute Gasteiger partial charge is 0.306 e. The lowest BCUT2D eigenvalue weighted by Crippen LogP contribution is -2.32. The number of nitrogen functional groups attached to an aromatic ring is 1. The topological polar surface area (TPSA) is 137 Å². The Bertz CT molecular complexity index is 3100. The second kappa shape index (κ2) is 25.4. The van der Waals surface area contributed by atoms with Gasteiger partial charge in [0, 0.05) is 52.0 Å². The van der Waals surface area contributed by atoms with Gasteiger partial charge in [-0.25, -0.2) is 13.8 Å². The monoisotopic (exact) mass is 966 g/mol. The number of terminal acetylenes is 1. The Morgan fingerprint density at radius 1 is 0.768 bits per heavy atom. The van der Waals surface area contributed by atoms with Crippen molar-refractivity contribution >= 4 is 73.4 Å². The van der Waals surface area contributed by atoms with Crippen LogP contribution in [0.5, 0.6) is 0 Å². The van der Waals surface area contributed by atoms with Gasteiger partial charge in [0.25, 0.3) is 0 Å². The van der Waals surface area contributed by atoms with E-state index in [1.807, 2.05) is 42.6 Å². The number of nitrogens with one attached hydrogen (secondary N) is 1. The lowest BCUT2D eigenvalue weighted by molar-refractivity contribution is -0.146. The maximum atomic E-state index is 13.6. The van der Waals surface area contributed by atoms with Crippen molar-refractivity contribution in [3.8, 4) is 83.4 Å². The Morgan fingerprint density at radius 2 is 1.32 bits per heavy atom. The number of nitrogens with zero attached hydrogens (tertiary/aromatic N) is 4. The Balaban J connectivity index is 0.000000162. The van der Waals surface area contributed by atoms with Crippen LogP contribution in [0.2, 0.25) is 10.0 Å². The van der Waals surface area contributed by atoms with Crippen molar-refractivity contribution < 1.29 is 28.2 Å². The van der Waals surface area contributed by atoms with Gasteiger partial charge >= 0.3 is 5.97 Å². The molecule has 5 aromatic rings. The number of imidazole rings is 1. The van der Waals surface area contributed by atoms with E-state index in [0.29, 0.717) is 40.7 Å². The van der Waals surface area contributed by atoms with Crippen LogP contribution in [-0.4, -0.2) is 74.4 Å². The highest BCUT2D eigenvalue weighted by Crippen LogP contribution is 2.43. The van der Waals surface area contributed by atoms with Gasteiger partial charge in [0.15, 0.2) is 0 Å². The van der Waals surface area contributed by atoms with Crippen molar-refractivity contribution in [2.45, 2.75) is 115 Å². The molecule has 4 fully saturated rings. The lowest BCUT2D eigenvalue weighted by Gasteiger charge is -2.34. The van der Waals surface area contributed by atoms with Gasteiger partial charge in [0.05, 0.1) is 58.4 Å². The second-order valence-electron chi connectivity index (χ2n) is 16.8. The Kier molecular flexibility index (Phi) is 19.0. The van der Waals surface area contributed by atoms with Crippen LogP contribution >= 0.6 is 23.2 Å². The molecule has 0 amide bonds. The Hall–Kier alpha value is -6.92. The molecule has 14 heteroatoms. The molecule has 4 aliphatic rings. The first kappa shape index (κ1) is 51.5. The molecule has 10 nitrogen and oxygen atoms in total. The SMILES string of the molecule is C#CC#CC#CC#CC#CC#CC#CC.C[C@@H]1C[C@H](Nc2c(N)cnc3ccc(Cl)cc23)CCO1.C[C@@H]1C[C@H](n2c(C3CC(F)C3)nc3cnc4ccc(Cl)cc4c32)CCO1.O=C(O)C1CC(F)C1. The van der Waals surface area contributed by atoms with Crippen molar-refractivity contribution in [2.24, 2.45) is 5.92 Å². The largest absolute Gasteiger partial charge is 0.481 e. The van der Waals surface area contributed by atoms with Crippen LogP contribution in [0.3, 0.4) is 0 Å². The van der Waals surface area contributed by atoms with Gasteiger partial charge in [-0.1, -0.05) is 29.1 Å². The first-order chi connectivity index (χ1) is 33.3. The van der Waals surface area contributed by atoms with Crippen molar-refractivity contribution in [1.29, 1.82) is 0 Å². The summed E-state index contributed by atoms with van der Waals surface area (Å²) in [5.41, 5.74) is 11.4. The van der Waals surface area contributed by atoms with E-state index in [2.05, 4.69) is 111 Å². The maximum Gasteiger partial charge on any atom is 0.306 e. The van der Waals surface area contributed by atoms with Gasteiger partial charge in [0.1, 0.15) is 23.7 Å². The quantitative estimate of drug-likeness (QED) is 0.147. The number of aromatic nitrogens is 4. The molecule has 5 heterocycles. The van der Waals surface area contributed by atoms with Crippen LogP contribution in [0.4, 0.5) is 20.2 Å². The average molecular weight is 968 g/mol. The predicted molar refractivity (Wildman–Crippen MR) is 270 cm³/mol. The minimum Gasteiger partial charge on any atom is -0.481 e. The predicted octanol–water partition coefficient (Wildman–Crippen LogP) is 10.1. The van der Waals surface area contributed by atoms with Crippen molar-refractivity contribution in [1.82, 2.24) is 19.5 Å². The van der Waals surface area contributed by atoms with E-state index in [-0.39, 0.29) is 31.0 Å². The number of pyridine rings is 2. The van der Waals surface area contributed by atoms with Gasteiger partial charge < -0.3 is 30.2 Å². The van der Waals surface area contributed by atoms with Crippen LogP contribution in [0.1, 0.15) is 89.9 Å². The Morgan fingerprint density at radius 3 is 1.87 bits per heavy atom. The molecule has 0 bridgehead atoms. The number of carboxylic acids is 1. The van der Waals surface area contributed by atoms with E-state index >= 15 is 0 Å². The van der Waals surface area contributed by atoms with Crippen molar-refractivity contribution in [2.75, 3.05) is 24.3 Å². The average Bonchev–Trinajstić information content (AvgIpc) is 3.70. The molecule has 69 heavy (non-hydrogen) atoms.